The molecule has 2 atom stereocenters. The van der Waals surface area contributed by atoms with Gasteiger partial charge in [-0.3, -0.25) is 19.4 Å². The number of halogens is 6. The van der Waals surface area contributed by atoms with E-state index in [2.05, 4.69) is 5.32 Å². The highest BCUT2D eigenvalue weighted by Gasteiger charge is 2.46. The van der Waals surface area contributed by atoms with Gasteiger partial charge in [0.05, 0.1) is 11.3 Å². The molecular formula is C34H33F6N5O2. The fourth-order valence-corrected chi connectivity index (χ4v) is 5.86. The van der Waals surface area contributed by atoms with Crippen molar-refractivity contribution in [2.75, 3.05) is 26.2 Å². The number of aliphatic imine (C=N–C) groups is 1. The van der Waals surface area contributed by atoms with Crippen LogP contribution < -0.4 is 11.1 Å². The number of rotatable bonds is 7. The summed E-state index contributed by atoms with van der Waals surface area (Å²) in [7, 11) is 0. The zero-order valence-corrected chi connectivity index (χ0v) is 25.4. The van der Waals surface area contributed by atoms with Gasteiger partial charge in [0.25, 0.3) is 17.7 Å². The van der Waals surface area contributed by atoms with E-state index >= 15 is 0 Å². The summed E-state index contributed by atoms with van der Waals surface area (Å²) in [6.07, 6.45) is -5.44. The number of amides is 2. The predicted molar refractivity (Wildman–Crippen MR) is 165 cm³/mol. The first kappa shape index (κ1) is 33.7. The largest absolute Gasteiger partial charge is 0.416 e. The number of likely N-dealkylation sites (N-methyl/N-ethyl adjacent to an activating group) is 1. The third-order valence-corrected chi connectivity index (χ3v) is 8.28. The Bertz CT molecular complexity index is 1660. The lowest BCUT2D eigenvalue weighted by Crippen LogP contribution is -2.59. The molecule has 47 heavy (non-hydrogen) atoms. The maximum Gasteiger partial charge on any atom is 0.416 e. The molecule has 2 aliphatic heterocycles. The van der Waals surface area contributed by atoms with E-state index in [4.69, 9.17) is 10.7 Å². The minimum Gasteiger partial charge on any atom is -0.401 e. The highest BCUT2D eigenvalue weighted by Crippen LogP contribution is 2.39. The molecule has 0 spiro atoms. The Kier molecular flexibility index (Phi) is 9.76. The summed E-state index contributed by atoms with van der Waals surface area (Å²) >= 11 is 0. The Morgan fingerprint density at radius 3 is 2.28 bits per heavy atom. The number of piperidine rings is 2. The second-order valence-corrected chi connectivity index (χ2v) is 11.5. The molecule has 2 aliphatic rings. The molecule has 5 rings (SSSR count). The summed E-state index contributed by atoms with van der Waals surface area (Å²) in [5.74, 6) is -5.86. The van der Waals surface area contributed by atoms with Gasteiger partial charge in [0.2, 0.25) is 0 Å². The third-order valence-electron chi connectivity index (χ3n) is 8.28. The van der Waals surface area contributed by atoms with Gasteiger partial charge in [-0.1, -0.05) is 36.4 Å². The second-order valence-electron chi connectivity index (χ2n) is 11.5. The van der Waals surface area contributed by atoms with Crippen molar-refractivity contribution in [3.05, 3.63) is 113 Å². The molecular weight excluding hydrogens is 624 g/mol. The number of carbonyl (C=O) groups is 2. The van der Waals surface area contributed by atoms with E-state index in [1.54, 1.807) is 42.2 Å². The fraction of sp³-hybridized carbons (Fsp3) is 0.324. The van der Waals surface area contributed by atoms with Crippen LogP contribution in [0.4, 0.5) is 32.0 Å². The molecule has 1 unspecified atom stereocenters. The smallest absolute Gasteiger partial charge is 0.401 e. The molecule has 0 saturated carbocycles. The van der Waals surface area contributed by atoms with Crippen LogP contribution in [0.1, 0.15) is 47.2 Å². The van der Waals surface area contributed by atoms with Crippen LogP contribution in [0.3, 0.4) is 0 Å². The van der Waals surface area contributed by atoms with Gasteiger partial charge >= 0.3 is 6.18 Å². The van der Waals surface area contributed by atoms with Crippen molar-refractivity contribution in [2.24, 2.45) is 10.7 Å². The number of benzene rings is 3. The molecule has 2 saturated heterocycles. The molecule has 0 radical (unpaired) electrons. The predicted octanol–water partition coefficient (Wildman–Crippen LogP) is 6.26. The minimum absolute atomic E-state index is 0.0248. The maximum absolute atomic E-state index is 14.2. The fourth-order valence-electron chi connectivity index (χ4n) is 5.86. The van der Waals surface area contributed by atoms with E-state index in [0.717, 1.165) is 12.1 Å². The topological polar surface area (TPSA) is 91.0 Å². The summed E-state index contributed by atoms with van der Waals surface area (Å²) in [5.41, 5.74) is 6.76. The molecule has 0 aliphatic carbocycles. The molecule has 2 amide bonds. The van der Waals surface area contributed by atoms with Crippen molar-refractivity contribution < 1.29 is 35.9 Å². The number of nitrogens with two attached hydrogens (primary N) is 1. The lowest BCUT2D eigenvalue weighted by atomic mass is 9.78. The molecule has 3 aromatic carbocycles. The van der Waals surface area contributed by atoms with Gasteiger partial charge in [0.1, 0.15) is 17.7 Å². The van der Waals surface area contributed by atoms with E-state index in [1.807, 2.05) is 0 Å². The number of likely N-dealkylation sites (tertiary alicyclic amines) is 2. The average molecular weight is 658 g/mol. The Labute approximate surface area is 267 Å². The lowest BCUT2D eigenvalue weighted by molar-refractivity contribution is -0.137. The standard InChI is InChI=1S/C34H33F6N5O2/c1-2-45-30(42-25-9-4-3-5-10-25)28(26(41)20-44-17-15-33(36,37)16-18-44)27(21-11-13-24(35)14-12-21)29(32(45)47)43-31(46)22-7-6-8-23(19-22)34(38,39)40/h3-14,19,27,29H,2,15-18,20,41H2,1H3,(H,43,46)/t27-,29?/m0/s1. The van der Waals surface area contributed by atoms with Gasteiger partial charge in [0, 0.05) is 61.8 Å². The van der Waals surface area contributed by atoms with Gasteiger partial charge in [-0.05, 0) is 55.0 Å². The number of nitrogens with one attached hydrogen (secondary N) is 1. The van der Waals surface area contributed by atoms with E-state index in [-0.39, 0.29) is 56.1 Å². The van der Waals surface area contributed by atoms with Crippen LogP contribution >= 0.6 is 0 Å². The van der Waals surface area contributed by atoms with Gasteiger partial charge < -0.3 is 11.1 Å². The Morgan fingerprint density at radius 1 is 1.00 bits per heavy atom. The van der Waals surface area contributed by atoms with E-state index in [9.17, 15) is 35.9 Å². The first-order valence-electron chi connectivity index (χ1n) is 15.0. The van der Waals surface area contributed by atoms with Crippen LogP contribution in [0, 0.1) is 5.82 Å². The molecule has 7 nitrogen and oxygen atoms in total. The van der Waals surface area contributed by atoms with E-state index in [0.29, 0.717) is 22.9 Å². The number of hydrogen-bond donors (Lipinski definition) is 2. The normalized spacial score (nSPS) is 22.3. The summed E-state index contributed by atoms with van der Waals surface area (Å²) in [6, 6.07) is 16.3. The Hall–Kier alpha value is -4.65. The van der Waals surface area contributed by atoms with Crippen LogP contribution in [-0.2, 0) is 11.0 Å². The van der Waals surface area contributed by atoms with Crippen molar-refractivity contribution in [3.8, 4) is 0 Å². The summed E-state index contributed by atoms with van der Waals surface area (Å²) in [4.78, 5) is 35.6. The SMILES string of the molecule is CCN1C(=O)C(NC(=O)c2cccc(C(F)(F)F)c2)[C@@H](c2ccc(F)cc2)C(=C(N)CN2CCC(F)(F)CC2)C1=Nc1ccccc1. The zero-order chi connectivity index (χ0) is 33.9. The molecule has 13 heteroatoms. The molecule has 3 aromatic rings. The monoisotopic (exact) mass is 657 g/mol. The summed E-state index contributed by atoms with van der Waals surface area (Å²) < 4.78 is 82.5. The Balaban J connectivity index is 1.66. The van der Waals surface area contributed by atoms with Crippen LogP contribution in [0.25, 0.3) is 0 Å². The van der Waals surface area contributed by atoms with E-state index in [1.165, 1.54) is 35.2 Å². The zero-order valence-electron chi connectivity index (χ0n) is 25.4. The number of carbonyl (C=O) groups excluding carboxylic acids is 2. The van der Waals surface area contributed by atoms with Crippen LogP contribution in [-0.4, -0.2) is 65.6 Å². The number of nitrogens with zero attached hydrogens (tertiary/aromatic N) is 3. The van der Waals surface area contributed by atoms with Crippen molar-refractivity contribution in [2.45, 2.75) is 43.8 Å². The van der Waals surface area contributed by atoms with Crippen LogP contribution in [0.5, 0.6) is 0 Å². The number of hydrogen-bond acceptors (Lipinski definition) is 5. The molecule has 0 bridgehead atoms. The van der Waals surface area contributed by atoms with Crippen LogP contribution in [0.15, 0.2) is 95.1 Å². The summed E-state index contributed by atoms with van der Waals surface area (Å²) in [6.45, 7) is 1.89. The third kappa shape index (κ3) is 7.67. The number of para-hydroxylation sites is 1. The molecule has 248 valence electrons. The highest BCUT2D eigenvalue weighted by molar-refractivity contribution is 6.15. The molecule has 2 heterocycles. The molecule has 0 aromatic heterocycles. The van der Waals surface area contributed by atoms with Gasteiger partial charge in [-0.25, -0.2) is 18.2 Å². The molecule has 2 fully saturated rings. The van der Waals surface area contributed by atoms with Crippen molar-refractivity contribution in [1.82, 2.24) is 15.1 Å². The minimum atomic E-state index is -4.71. The van der Waals surface area contributed by atoms with Gasteiger partial charge in [-0.15, -0.1) is 0 Å². The van der Waals surface area contributed by atoms with Gasteiger partial charge in [0.15, 0.2) is 0 Å². The molecule has 3 N–H and O–H groups in total. The quantitative estimate of drug-likeness (QED) is 0.294. The average Bonchev–Trinajstić information content (AvgIpc) is 3.04. The Morgan fingerprint density at radius 2 is 1.66 bits per heavy atom. The van der Waals surface area contributed by atoms with E-state index < -0.39 is 47.3 Å². The van der Waals surface area contributed by atoms with Crippen LogP contribution in [0.2, 0.25) is 0 Å². The van der Waals surface area contributed by atoms with Crippen molar-refractivity contribution in [3.63, 3.8) is 0 Å². The highest BCUT2D eigenvalue weighted by atomic mass is 19.4. The van der Waals surface area contributed by atoms with Crippen molar-refractivity contribution >= 4 is 23.3 Å². The number of amidine groups is 1. The van der Waals surface area contributed by atoms with Crippen molar-refractivity contribution in [1.29, 1.82) is 0 Å². The first-order valence-corrected chi connectivity index (χ1v) is 15.0. The van der Waals surface area contributed by atoms with Gasteiger partial charge in [-0.2, -0.15) is 13.2 Å². The summed E-state index contributed by atoms with van der Waals surface area (Å²) in [5, 5.41) is 2.63. The lowest BCUT2D eigenvalue weighted by Gasteiger charge is -2.42. The second kappa shape index (κ2) is 13.6. The first-order chi connectivity index (χ1) is 22.3. The number of alkyl halides is 5. The maximum atomic E-state index is 14.2.